The molecule has 4 aromatic carbocycles. The van der Waals surface area contributed by atoms with Crippen LogP contribution in [0.4, 0.5) is 0 Å². The SMILES string of the molecule is CCCc1nn(C)c2c(=O)[nH]c(-c3cc(S(=O)(=O)N4CC(N(C)CCO)C4)ccc3OCC)nc12.CCCc1nn(C)c2c(=O)[nH]c(-c3cc(S(=O)(=O)N4CC(NCCCCO)C4)ccc3OCC)nc12.CCCc1nn(C)c2c(=O)[nH]c(-c3cc(S(=O)(=O)N4CC(NCCCO)C4)ccc3OCC)nc12.CCCc1nn(C)c2c(=O)[nH]c(-c3cc(S(=O)(=O)N4CC(NCCO)C4)ccc3OCC)nc12. The number of fused-ring (bicyclic) bond motifs is 4. The summed E-state index contributed by atoms with van der Waals surface area (Å²) in [6.07, 6.45) is 8.24. The summed E-state index contributed by atoms with van der Waals surface area (Å²) in [5.74, 6) is 2.67. The summed E-state index contributed by atoms with van der Waals surface area (Å²) in [6.45, 7) is 22.2. The van der Waals surface area contributed by atoms with Gasteiger partial charge in [-0.05, 0) is 166 Å². The first-order chi connectivity index (χ1) is 67.1. The lowest BCUT2D eigenvalue weighted by atomic mass is 10.1. The number of aliphatic hydroxyl groups is 4. The smallest absolute Gasteiger partial charge is 0.277 e. The topological polar surface area (TPSA) is 561 Å². The van der Waals surface area contributed by atoms with Crippen LogP contribution >= 0.6 is 0 Å². The van der Waals surface area contributed by atoms with Gasteiger partial charge >= 0.3 is 0 Å². The summed E-state index contributed by atoms with van der Waals surface area (Å²) in [5, 5.41) is 63.3. The lowest BCUT2D eigenvalue weighted by Gasteiger charge is -2.42. The van der Waals surface area contributed by atoms with Crippen LogP contribution in [0.15, 0.2) is 112 Å². The second kappa shape index (κ2) is 46.7. The summed E-state index contributed by atoms with van der Waals surface area (Å²) < 4.78 is 141. The number of likely N-dealkylation sites (N-methyl/N-ethyl adjacent to an activating group) is 1. The second-order valence-corrected chi connectivity index (χ2v) is 42.2. The van der Waals surface area contributed by atoms with Crippen LogP contribution in [0.1, 0.15) is 123 Å². The van der Waals surface area contributed by atoms with Gasteiger partial charge in [-0.25, -0.2) is 53.6 Å². The van der Waals surface area contributed by atoms with Crippen molar-refractivity contribution in [1.29, 1.82) is 0 Å². The van der Waals surface area contributed by atoms with Crippen LogP contribution in [0.5, 0.6) is 23.0 Å². The number of hydrogen-bond donors (Lipinski definition) is 11. The zero-order valence-corrected chi connectivity index (χ0v) is 84.5. The first-order valence-corrected chi connectivity index (χ1v) is 53.1. The number of hydrogen-bond acceptors (Lipinski definition) is 32. The molecule has 0 spiro atoms. The standard InChI is InChI=1S/C24H34N6O5S.2C23H32N6O5S.C22H30N6O5S/c1-4-8-19-21-22(29(3)28-19)24(32)27-23(26-21)18-13-17(9-10-20(18)35-5-2)36(33,34)30-14-16(15-30)25-11-6-7-12-31;1-5-7-18-20-21(28(4)26-18)23(31)25-22(24-20)17-12-16(8-9-19(17)34-6-2)35(32,33)29-13-15(14-29)27(3)10-11-30;1-4-7-18-20-21(28(3)27-18)23(31)26-22(25-20)17-12-16(8-9-19(17)34-5-2)35(32,33)29-13-15(14-29)24-10-6-11-30;1-4-6-17-19-20(27(3)26-17)22(30)25-21(24-19)16-11-15(7-8-18(16)33-5-2)34(31,32)28-12-14(13-28)23-9-10-29/h9-10,13,16,25,31H,4-8,11-12,14-15H2,1-3H3,(H,26,27,32);8-9,12,15,30H,5-7,10-11,13-14H2,1-4H3,(H,24,25,31);8-9,12,15,24,30H,4-7,10-11,13-14H2,1-3H3,(H,25,26,31);7-8,11,14,23,29H,4-6,9-10,12-13H2,1-3H3,(H,24,25,30). The monoisotopic (exact) mass is 2020 g/mol. The van der Waals surface area contributed by atoms with E-state index in [2.05, 4.69) is 71.2 Å². The van der Waals surface area contributed by atoms with Crippen LogP contribution in [-0.4, -0.2) is 318 Å². The molecule has 4 aliphatic heterocycles. The largest absolute Gasteiger partial charge is 0.493 e. The maximum atomic E-state index is 13.3. The van der Waals surface area contributed by atoms with Crippen LogP contribution in [0, 0.1) is 0 Å². The van der Waals surface area contributed by atoms with Gasteiger partial charge in [-0.2, -0.15) is 37.6 Å². The fraction of sp³-hybridized carbons (Fsp3) is 0.522. The van der Waals surface area contributed by atoms with Crippen molar-refractivity contribution in [3.63, 3.8) is 0 Å². The number of nitrogens with one attached hydrogen (secondary N) is 7. The van der Waals surface area contributed by atoms with E-state index < -0.39 is 40.1 Å². The van der Waals surface area contributed by atoms with Gasteiger partial charge in [-0.15, -0.1) is 0 Å². The highest BCUT2D eigenvalue weighted by molar-refractivity contribution is 7.90. The number of rotatable bonds is 43. The predicted octanol–water partition coefficient (Wildman–Crippen LogP) is 4.03. The first kappa shape index (κ1) is 106. The predicted molar refractivity (Wildman–Crippen MR) is 528 cm³/mol. The Morgan fingerprint density at radius 2 is 0.614 bits per heavy atom. The Morgan fingerprint density at radius 1 is 0.357 bits per heavy atom. The first-order valence-electron chi connectivity index (χ1n) is 47.4. The number of ether oxygens (including phenoxy) is 4. The van der Waals surface area contributed by atoms with Crippen molar-refractivity contribution in [2.24, 2.45) is 28.2 Å². The molecule has 44 nitrogen and oxygen atoms in total. The maximum absolute atomic E-state index is 13.3. The molecule has 8 aromatic heterocycles. The van der Waals surface area contributed by atoms with Crippen molar-refractivity contribution in [3.8, 4) is 68.5 Å². The number of aryl methyl sites for hydroxylation is 8. The van der Waals surface area contributed by atoms with Gasteiger partial charge in [-0.1, -0.05) is 53.4 Å². The Hall–Kier alpha value is -11.2. The Morgan fingerprint density at radius 3 is 0.857 bits per heavy atom. The molecule has 760 valence electrons. The summed E-state index contributed by atoms with van der Waals surface area (Å²) in [6, 6.07) is 18.7. The van der Waals surface area contributed by atoms with E-state index >= 15 is 0 Å². The molecule has 12 heterocycles. The molecule has 48 heteroatoms. The van der Waals surface area contributed by atoms with E-state index in [4.69, 9.17) is 44.4 Å². The Bertz CT molecular complexity index is 7140. The minimum atomic E-state index is -3.76. The summed E-state index contributed by atoms with van der Waals surface area (Å²) in [4.78, 5) is 84.0. The zero-order chi connectivity index (χ0) is 101. The molecule has 0 amide bonds. The average Bonchev–Trinajstić information content (AvgIpc) is 0.903. The van der Waals surface area contributed by atoms with E-state index in [-0.39, 0.29) is 116 Å². The molecule has 4 saturated heterocycles. The molecular formula is C92H128N24O20S4. The quantitative estimate of drug-likeness (QED) is 0.0240. The number of nitrogens with zero attached hydrogens (tertiary/aromatic N) is 17. The number of aromatic nitrogens is 16. The van der Waals surface area contributed by atoms with Gasteiger partial charge in [0.05, 0.1) is 104 Å². The molecule has 16 rings (SSSR count). The molecule has 4 fully saturated rings. The van der Waals surface area contributed by atoms with Gasteiger partial charge in [0.2, 0.25) is 40.1 Å². The van der Waals surface area contributed by atoms with Gasteiger partial charge < -0.3 is 75.3 Å². The van der Waals surface area contributed by atoms with Crippen LogP contribution in [-0.2, 0) is 94.0 Å². The van der Waals surface area contributed by atoms with E-state index in [0.717, 1.165) is 67.8 Å². The highest BCUT2D eigenvalue weighted by Crippen LogP contribution is 2.40. The molecule has 0 radical (unpaired) electrons. The Balaban J connectivity index is 0.000000157. The third-order valence-corrected chi connectivity index (χ3v) is 31.7. The van der Waals surface area contributed by atoms with Gasteiger partial charge in [-0.3, -0.25) is 42.8 Å². The molecule has 0 atom stereocenters. The molecule has 0 bridgehead atoms. The molecule has 12 aromatic rings. The molecule has 0 aliphatic carbocycles. The summed E-state index contributed by atoms with van der Waals surface area (Å²) in [5.41, 5.74) is 6.58. The number of sulfonamides is 4. The molecule has 0 unspecified atom stereocenters. The summed E-state index contributed by atoms with van der Waals surface area (Å²) >= 11 is 0. The average molecular weight is 2020 g/mol. The van der Waals surface area contributed by atoms with Crippen LogP contribution in [0.2, 0.25) is 0 Å². The Kier molecular flexibility index (Phi) is 35.4. The van der Waals surface area contributed by atoms with Crippen LogP contribution < -0.4 is 57.1 Å². The number of benzene rings is 4. The van der Waals surface area contributed by atoms with Crippen molar-refractivity contribution in [1.82, 2.24) is 117 Å². The number of aliphatic hydroxyl groups excluding tert-OH is 4. The van der Waals surface area contributed by atoms with E-state index in [1.165, 1.54) is 84.5 Å². The third-order valence-electron chi connectivity index (χ3n) is 24.4. The van der Waals surface area contributed by atoms with Crippen molar-refractivity contribution in [3.05, 3.63) is 137 Å². The minimum Gasteiger partial charge on any atom is -0.493 e. The van der Waals surface area contributed by atoms with Gasteiger partial charge in [0.1, 0.15) is 68.4 Å². The van der Waals surface area contributed by atoms with E-state index in [0.29, 0.717) is 220 Å². The normalized spacial score (nSPS) is 15.0. The fourth-order valence-corrected chi connectivity index (χ4v) is 23.2. The number of unbranched alkanes of at least 4 members (excludes halogenated alkanes) is 1. The van der Waals surface area contributed by atoms with Gasteiger partial charge in [0.15, 0.2) is 22.1 Å². The maximum Gasteiger partial charge on any atom is 0.277 e. The van der Waals surface area contributed by atoms with Crippen molar-refractivity contribution >= 4 is 84.2 Å². The lowest BCUT2D eigenvalue weighted by molar-refractivity contribution is 0.0933. The summed E-state index contributed by atoms with van der Waals surface area (Å²) in [7, 11) is -6.30. The Labute approximate surface area is 811 Å². The van der Waals surface area contributed by atoms with E-state index in [1.54, 1.807) is 52.5 Å². The highest BCUT2D eigenvalue weighted by atomic mass is 32.2. The van der Waals surface area contributed by atoms with Crippen molar-refractivity contribution in [2.75, 3.05) is 138 Å². The third kappa shape index (κ3) is 23.1. The molecule has 0 saturated carbocycles. The van der Waals surface area contributed by atoms with Crippen LogP contribution in [0.25, 0.3) is 89.7 Å². The highest BCUT2D eigenvalue weighted by Gasteiger charge is 2.42. The molecule has 11 N–H and O–H groups in total. The van der Waals surface area contributed by atoms with Crippen molar-refractivity contribution in [2.45, 2.75) is 170 Å². The second-order valence-electron chi connectivity index (χ2n) is 34.4. The fourth-order valence-electron chi connectivity index (χ4n) is 17.0. The minimum absolute atomic E-state index is 0.00203. The van der Waals surface area contributed by atoms with Crippen LogP contribution in [0.3, 0.4) is 0 Å². The zero-order valence-electron chi connectivity index (χ0n) is 81.2. The number of H-pyrrole nitrogens is 4. The molecule has 4 aliphatic rings. The van der Waals surface area contributed by atoms with Crippen molar-refractivity contribution < 1.29 is 73.0 Å². The van der Waals surface area contributed by atoms with E-state index in [9.17, 15) is 52.8 Å². The lowest BCUT2D eigenvalue weighted by Crippen LogP contribution is -2.60. The van der Waals surface area contributed by atoms with Gasteiger partial charge in [0, 0.05) is 131 Å². The molecule has 140 heavy (non-hydrogen) atoms. The molecular weight excluding hydrogens is 1890 g/mol. The van der Waals surface area contributed by atoms with E-state index in [1.807, 2.05) is 67.3 Å². The van der Waals surface area contributed by atoms with Gasteiger partial charge in [0.25, 0.3) is 22.2 Å². The number of aromatic amines is 4.